The Morgan fingerprint density at radius 1 is 1.05 bits per heavy atom. The quantitative estimate of drug-likeness (QED) is 0.340. The van der Waals surface area contributed by atoms with E-state index in [0.29, 0.717) is 11.6 Å². The first-order chi connectivity index (χ1) is 19.6. The number of likely N-dealkylation sites (tertiary alicyclic amines) is 2. The Bertz CT molecular complexity index is 1400. The molecular formula is C31H36N6O3. The van der Waals surface area contributed by atoms with Crippen LogP contribution in [0.5, 0.6) is 0 Å². The molecule has 2 aromatic heterocycles. The van der Waals surface area contributed by atoms with Crippen LogP contribution in [0.15, 0.2) is 54.0 Å². The molecule has 2 saturated heterocycles. The lowest BCUT2D eigenvalue weighted by molar-refractivity contribution is -0.138. The van der Waals surface area contributed by atoms with Gasteiger partial charge in [0.2, 0.25) is 5.91 Å². The van der Waals surface area contributed by atoms with Gasteiger partial charge < -0.3 is 24.7 Å². The molecule has 6 rings (SSSR count). The van der Waals surface area contributed by atoms with E-state index in [-0.39, 0.29) is 11.8 Å². The van der Waals surface area contributed by atoms with Crippen LogP contribution in [-0.4, -0.2) is 88.0 Å². The third-order valence-corrected chi connectivity index (χ3v) is 8.56. The average Bonchev–Trinajstić information content (AvgIpc) is 3.65. The van der Waals surface area contributed by atoms with Crippen molar-refractivity contribution in [3.05, 3.63) is 65.8 Å². The SMILES string of the molecule is COCCN1CCC(C(=O)N2CCC(c3nc(-c4ccc5c(c4)C=C/C5=N\O)c(-c4ccncc4)[nH]3)CC2)CC1. The van der Waals surface area contributed by atoms with Crippen LogP contribution in [0.1, 0.15) is 48.6 Å². The summed E-state index contributed by atoms with van der Waals surface area (Å²) >= 11 is 0. The fourth-order valence-electron chi connectivity index (χ4n) is 6.20. The minimum atomic E-state index is 0.133. The number of rotatable bonds is 7. The zero-order valence-electron chi connectivity index (χ0n) is 22.9. The monoisotopic (exact) mass is 540 g/mol. The molecule has 0 spiro atoms. The van der Waals surface area contributed by atoms with Gasteiger partial charge in [0.05, 0.1) is 18.0 Å². The summed E-state index contributed by atoms with van der Waals surface area (Å²) in [6, 6.07) is 10.1. The van der Waals surface area contributed by atoms with Crippen LogP contribution >= 0.6 is 0 Å². The Labute approximate surface area is 234 Å². The minimum absolute atomic E-state index is 0.133. The van der Waals surface area contributed by atoms with E-state index in [2.05, 4.69) is 31.0 Å². The number of imidazole rings is 1. The van der Waals surface area contributed by atoms with Gasteiger partial charge in [-0.05, 0) is 68.6 Å². The molecule has 1 aromatic carbocycles. The van der Waals surface area contributed by atoms with Gasteiger partial charge in [-0.2, -0.15) is 0 Å². The molecule has 2 N–H and O–H groups in total. The van der Waals surface area contributed by atoms with Gasteiger partial charge in [-0.15, -0.1) is 0 Å². The summed E-state index contributed by atoms with van der Waals surface area (Å²) in [5.41, 5.74) is 6.37. The van der Waals surface area contributed by atoms with Crippen LogP contribution < -0.4 is 0 Å². The van der Waals surface area contributed by atoms with E-state index in [1.807, 2.05) is 36.4 Å². The summed E-state index contributed by atoms with van der Waals surface area (Å²) in [5.74, 6) is 1.68. The molecular weight excluding hydrogens is 504 g/mol. The Kier molecular flexibility index (Phi) is 7.75. The number of amides is 1. The second kappa shape index (κ2) is 11.7. The highest BCUT2D eigenvalue weighted by Crippen LogP contribution is 2.36. The summed E-state index contributed by atoms with van der Waals surface area (Å²) in [5, 5.41) is 12.7. The fourth-order valence-corrected chi connectivity index (χ4v) is 6.20. The van der Waals surface area contributed by atoms with Crippen LogP contribution in [0.4, 0.5) is 0 Å². The lowest BCUT2D eigenvalue weighted by Crippen LogP contribution is -2.45. The van der Waals surface area contributed by atoms with Crippen LogP contribution in [0.3, 0.4) is 0 Å². The van der Waals surface area contributed by atoms with Crippen molar-refractivity contribution in [2.45, 2.75) is 31.6 Å². The van der Waals surface area contributed by atoms with Gasteiger partial charge in [0, 0.05) is 67.7 Å². The van der Waals surface area contributed by atoms with Gasteiger partial charge in [0.25, 0.3) is 0 Å². The van der Waals surface area contributed by atoms with Crippen molar-refractivity contribution >= 4 is 17.7 Å². The number of carbonyl (C=O) groups is 1. The number of H-pyrrole nitrogens is 1. The molecule has 4 heterocycles. The normalized spacial score (nSPS) is 19.4. The van der Waals surface area contributed by atoms with E-state index in [9.17, 15) is 10.0 Å². The molecule has 0 atom stereocenters. The number of benzene rings is 1. The Balaban J connectivity index is 1.17. The van der Waals surface area contributed by atoms with Crippen molar-refractivity contribution in [1.29, 1.82) is 0 Å². The van der Waals surface area contributed by atoms with Crippen LogP contribution in [-0.2, 0) is 9.53 Å². The Morgan fingerprint density at radius 2 is 1.82 bits per heavy atom. The average molecular weight is 541 g/mol. The predicted molar refractivity (Wildman–Crippen MR) is 154 cm³/mol. The number of hydrogen-bond donors (Lipinski definition) is 2. The molecule has 9 nitrogen and oxygen atoms in total. The number of pyridine rings is 1. The van der Waals surface area contributed by atoms with Gasteiger partial charge in [-0.3, -0.25) is 9.78 Å². The third-order valence-electron chi connectivity index (χ3n) is 8.56. The highest BCUT2D eigenvalue weighted by atomic mass is 16.5. The van der Waals surface area contributed by atoms with Crippen LogP contribution in [0.25, 0.3) is 28.6 Å². The number of oxime groups is 1. The number of methoxy groups -OCH3 is 1. The zero-order chi connectivity index (χ0) is 27.5. The predicted octanol–water partition coefficient (Wildman–Crippen LogP) is 4.41. The highest BCUT2D eigenvalue weighted by molar-refractivity contribution is 6.17. The molecule has 40 heavy (non-hydrogen) atoms. The molecule has 1 aliphatic carbocycles. The molecule has 9 heteroatoms. The van der Waals surface area contributed by atoms with Crippen molar-refractivity contribution in [1.82, 2.24) is 24.8 Å². The van der Waals surface area contributed by atoms with Crippen molar-refractivity contribution in [3.63, 3.8) is 0 Å². The standard InChI is InChI=1S/C31H36N6O3/c1-40-19-18-36-14-8-23(9-15-36)31(38)37-16-10-22(11-17-37)30-33-28(21-6-12-32-13-7-21)29(34-30)25-2-4-26-24(20-25)3-5-27(26)35-39/h2-7,12-13,20,22-23,39H,8-11,14-19H2,1H3,(H,33,34)/b35-27+. The number of ether oxygens (including phenoxy) is 1. The van der Waals surface area contributed by atoms with Gasteiger partial charge in [-0.1, -0.05) is 23.4 Å². The van der Waals surface area contributed by atoms with Crippen molar-refractivity contribution in [3.8, 4) is 22.5 Å². The lowest BCUT2D eigenvalue weighted by atomic mass is 9.91. The van der Waals surface area contributed by atoms with Crippen LogP contribution in [0, 0.1) is 5.92 Å². The summed E-state index contributed by atoms with van der Waals surface area (Å²) in [7, 11) is 1.73. The number of hydrogen-bond acceptors (Lipinski definition) is 7. The number of carbonyl (C=O) groups excluding carboxylic acids is 1. The summed E-state index contributed by atoms with van der Waals surface area (Å²) in [6.07, 6.45) is 11.0. The summed E-state index contributed by atoms with van der Waals surface area (Å²) in [4.78, 5) is 30.7. The topological polar surface area (TPSA) is 107 Å². The molecule has 3 aromatic rings. The van der Waals surface area contributed by atoms with Gasteiger partial charge in [-0.25, -0.2) is 4.98 Å². The van der Waals surface area contributed by atoms with Crippen LogP contribution in [0.2, 0.25) is 0 Å². The largest absolute Gasteiger partial charge is 0.410 e. The number of allylic oxidation sites excluding steroid dienone is 1. The highest BCUT2D eigenvalue weighted by Gasteiger charge is 2.32. The third kappa shape index (κ3) is 5.31. The maximum atomic E-state index is 13.3. The van der Waals surface area contributed by atoms with E-state index in [1.54, 1.807) is 19.5 Å². The molecule has 0 bridgehead atoms. The first-order valence-corrected chi connectivity index (χ1v) is 14.2. The summed E-state index contributed by atoms with van der Waals surface area (Å²) < 4.78 is 5.20. The number of aromatic nitrogens is 3. The first kappa shape index (κ1) is 26.4. The van der Waals surface area contributed by atoms with Gasteiger partial charge >= 0.3 is 0 Å². The second-order valence-corrected chi connectivity index (χ2v) is 10.9. The molecule has 0 radical (unpaired) electrons. The molecule has 2 fully saturated rings. The number of aromatic amines is 1. The van der Waals surface area contributed by atoms with E-state index < -0.39 is 0 Å². The number of fused-ring (bicyclic) bond motifs is 1. The fraction of sp³-hybridized carbons (Fsp3) is 0.419. The second-order valence-electron chi connectivity index (χ2n) is 10.9. The van der Waals surface area contributed by atoms with E-state index in [4.69, 9.17) is 9.72 Å². The molecule has 1 amide bonds. The lowest BCUT2D eigenvalue weighted by Gasteiger charge is -2.37. The maximum absolute atomic E-state index is 13.3. The summed E-state index contributed by atoms with van der Waals surface area (Å²) in [6.45, 7) is 5.15. The van der Waals surface area contributed by atoms with Crippen molar-refractivity contribution < 1.29 is 14.7 Å². The smallest absolute Gasteiger partial charge is 0.225 e. The maximum Gasteiger partial charge on any atom is 0.225 e. The first-order valence-electron chi connectivity index (χ1n) is 14.2. The number of piperidine rings is 2. The molecule has 0 saturated carbocycles. The molecule has 0 unspecified atom stereocenters. The Hall–Kier alpha value is -3.82. The van der Waals surface area contributed by atoms with E-state index >= 15 is 0 Å². The number of nitrogens with zero attached hydrogens (tertiary/aromatic N) is 5. The van der Waals surface area contributed by atoms with E-state index in [1.165, 1.54) is 0 Å². The minimum Gasteiger partial charge on any atom is -0.410 e. The molecule has 2 aliphatic heterocycles. The number of nitrogens with one attached hydrogen (secondary N) is 1. The van der Waals surface area contributed by atoms with E-state index in [0.717, 1.165) is 104 Å². The van der Waals surface area contributed by atoms with Crippen molar-refractivity contribution in [2.75, 3.05) is 46.4 Å². The molecule has 208 valence electrons. The van der Waals surface area contributed by atoms with Crippen molar-refractivity contribution in [2.24, 2.45) is 11.1 Å². The molecule has 3 aliphatic rings. The van der Waals surface area contributed by atoms with Gasteiger partial charge in [0.15, 0.2) is 0 Å². The Morgan fingerprint density at radius 3 is 2.55 bits per heavy atom. The zero-order valence-corrected chi connectivity index (χ0v) is 22.9. The van der Waals surface area contributed by atoms with Gasteiger partial charge in [0.1, 0.15) is 11.5 Å².